The molecule has 0 aliphatic carbocycles. The van der Waals surface area contributed by atoms with Crippen LogP contribution in [0.15, 0.2) is 54.4 Å². The molecule has 2 aromatic carbocycles. The molecule has 3 unspecified atom stereocenters. The smallest absolute Gasteiger partial charge is 0.417 e. The van der Waals surface area contributed by atoms with E-state index in [0.29, 0.717) is 0 Å². The summed E-state index contributed by atoms with van der Waals surface area (Å²) in [6, 6.07) is 9.39. The van der Waals surface area contributed by atoms with Crippen molar-refractivity contribution in [1.29, 1.82) is 0 Å². The van der Waals surface area contributed by atoms with Crippen LogP contribution in [0.1, 0.15) is 62.8 Å². The third-order valence-corrected chi connectivity index (χ3v) is 7.78. The van der Waals surface area contributed by atoms with E-state index in [9.17, 15) is 27.9 Å². The number of fused-ring (bicyclic) bond motifs is 1. The number of benzene rings is 2. The SMILES string of the molecule is CCOC(=O)C1=CCC(C(C)c2ccc3c(c2)ncn3C(C)C)C(O)N(Cc2cccc(C(F)(F)F)c2Cl)C1=O. The van der Waals surface area contributed by atoms with E-state index < -0.39 is 47.3 Å². The van der Waals surface area contributed by atoms with Crippen molar-refractivity contribution in [2.75, 3.05) is 6.61 Å². The molecule has 1 aliphatic rings. The van der Waals surface area contributed by atoms with E-state index in [0.717, 1.165) is 27.6 Å². The monoisotopic (exact) mass is 577 g/mol. The van der Waals surface area contributed by atoms with E-state index in [1.165, 1.54) is 18.2 Å². The number of hydrogen-bond acceptors (Lipinski definition) is 5. The fourth-order valence-corrected chi connectivity index (χ4v) is 5.36. The molecule has 0 radical (unpaired) electrons. The highest BCUT2D eigenvalue weighted by Crippen LogP contribution is 2.39. The number of rotatable bonds is 7. The Hall–Kier alpha value is -3.37. The van der Waals surface area contributed by atoms with Gasteiger partial charge in [-0.2, -0.15) is 13.2 Å². The Morgan fingerprint density at radius 1 is 1.23 bits per heavy atom. The summed E-state index contributed by atoms with van der Waals surface area (Å²) in [7, 11) is 0. The summed E-state index contributed by atoms with van der Waals surface area (Å²) in [6.45, 7) is 7.16. The Morgan fingerprint density at radius 2 is 1.95 bits per heavy atom. The predicted molar refractivity (Wildman–Crippen MR) is 144 cm³/mol. The number of hydrogen-bond donors (Lipinski definition) is 1. The third-order valence-electron chi connectivity index (χ3n) is 7.33. The van der Waals surface area contributed by atoms with Crippen molar-refractivity contribution in [1.82, 2.24) is 14.5 Å². The van der Waals surface area contributed by atoms with Crippen LogP contribution in [0.5, 0.6) is 0 Å². The number of ether oxygens (including phenoxy) is 1. The van der Waals surface area contributed by atoms with Gasteiger partial charge >= 0.3 is 12.1 Å². The highest BCUT2D eigenvalue weighted by molar-refractivity contribution is 6.32. The van der Waals surface area contributed by atoms with Crippen LogP contribution in [0.3, 0.4) is 0 Å². The highest BCUT2D eigenvalue weighted by Gasteiger charge is 2.40. The largest absolute Gasteiger partial charge is 0.462 e. The van der Waals surface area contributed by atoms with Gasteiger partial charge < -0.3 is 19.3 Å². The number of nitrogens with zero attached hydrogens (tertiary/aromatic N) is 3. The van der Waals surface area contributed by atoms with Gasteiger partial charge in [-0.15, -0.1) is 0 Å². The minimum absolute atomic E-state index is 0.0129. The Labute approximate surface area is 235 Å². The van der Waals surface area contributed by atoms with E-state index in [-0.39, 0.29) is 36.1 Å². The predicted octanol–water partition coefficient (Wildman–Crippen LogP) is 6.25. The Kier molecular flexibility index (Phi) is 8.60. The standard InChI is InChI=1S/C29H31ClF3N3O4/c1-5-40-28(39)21-11-10-20(17(4)18-9-12-24-23(13-18)34-15-36(24)16(2)3)26(37)35(27(21)38)14-19-7-6-8-22(25(19)30)29(31,32)33/h6-9,11-13,15-17,20,26,37H,5,10,14H2,1-4H3. The summed E-state index contributed by atoms with van der Waals surface area (Å²) in [5.41, 5.74) is 1.22. The Bertz CT molecular complexity index is 1450. The number of aromatic nitrogens is 2. The van der Waals surface area contributed by atoms with Crippen LogP contribution in [0, 0.1) is 5.92 Å². The van der Waals surface area contributed by atoms with Crippen LogP contribution in [-0.2, 0) is 27.0 Å². The van der Waals surface area contributed by atoms with Crippen molar-refractivity contribution in [3.05, 3.63) is 76.1 Å². The zero-order valence-electron chi connectivity index (χ0n) is 22.6. The number of esters is 1. The molecule has 7 nitrogen and oxygen atoms in total. The fraction of sp³-hybridized carbons (Fsp3) is 0.414. The minimum Gasteiger partial charge on any atom is -0.462 e. The van der Waals surface area contributed by atoms with Crippen molar-refractivity contribution in [3.8, 4) is 0 Å². The first-order chi connectivity index (χ1) is 18.8. The van der Waals surface area contributed by atoms with E-state index in [1.54, 1.807) is 13.3 Å². The van der Waals surface area contributed by atoms with Gasteiger partial charge in [-0.3, -0.25) is 4.79 Å². The van der Waals surface area contributed by atoms with Crippen LogP contribution in [0.2, 0.25) is 5.02 Å². The highest BCUT2D eigenvalue weighted by atomic mass is 35.5. The van der Waals surface area contributed by atoms with Gasteiger partial charge in [0.1, 0.15) is 11.8 Å². The summed E-state index contributed by atoms with van der Waals surface area (Å²) < 4.78 is 47.6. The Balaban J connectivity index is 1.73. The number of amides is 1. The maximum atomic E-state index is 13.5. The molecular weight excluding hydrogens is 547 g/mol. The number of imidazole rings is 1. The first-order valence-corrected chi connectivity index (χ1v) is 13.4. The number of carbonyl (C=O) groups excluding carboxylic acids is 2. The van der Waals surface area contributed by atoms with Gasteiger partial charge in [0.25, 0.3) is 5.91 Å². The van der Waals surface area contributed by atoms with Crippen molar-refractivity contribution in [3.63, 3.8) is 0 Å². The lowest BCUT2D eigenvalue weighted by molar-refractivity contribution is -0.147. The van der Waals surface area contributed by atoms with Crippen molar-refractivity contribution in [2.45, 2.75) is 65.0 Å². The van der Waals surface area contributed by atoms with E-state index in [1.807, 2.05) is 29.7 Å². The second kappa shape index (κ2) is 11.6. The van der Waals surface area contributed by atoms with Crippen molar-refractivity contribution in [2.24, 2.45) is 5.92 Å². The molecule has 4 rings (SSSR count). The molecule has 40 heavy (non-hydrogen) atoms. The minimum atomic E-state index is -4.71. The molecule has 0 saturated carbocycles. The number of allylic oxidation sites excluding steroid dienone is 1. The van der Waals surface area contributed by atoms with Crippen LogP contribution in [0.25, 0.3) is 11.0 Å². The molecule has 0 bridgehead atoms. The topological polar surface area (TPSA) is 84.7 Å². The fourth-order valence-electron chi connectivity index (χ4n) is 5.07. The molecule has 11 heteroatoms. The van der Waals surface area contributed by atoms with Crippen molar-refractivity contribution >= 4 is 34.5 Å². The maximum Gasteiger partial charge on any atom is 0.417 e. The van der Waals surface area contributed by atoms with Gasteiger partial charge in [-0.25, -0.2) is 9.78 Å². The van der Waals surface area contributed by atoms with Gasteiger partial charge in [0.15, 0.2) is 0 Å². The van der Waals surface area contributed by atoms with Crippen LogP contribution in [0.4, 0.5) is 13.2 Å². The third kappa shape index (κ3) is 5.74. The molecule has 3 atom stereocenters. The van der Waals surface area contributed by atoms with Crippen LogP contribution >= 0.6 is 11.6 Å². The van der Waals surface area contributed by atoms with E-state index >= 15 is 0 Å². The molecule has 1 N–H and O–H groups in total. The molecule has 0 saturated heterocycles. The van der Waals surface area contributed by atoms with Gasteiger partial charge in [0.2, 0.25) is 0 Å². The lowest BCUT2D eigenvalue weighted by atomic mass is 9.83. The molecular formula is C29H31ClF3N3O4. The maximum absolute atomic E-state index is 13.5. The zero-order chi connectivity index (χ0) is 29.4. The first-order valence-electron chi connectivity index (χ1n) is 13.0. The molecule has 1 aromatic heterocycles. The molecule has 3 aromatic rings. The summed E-state index contributed by atoms with van der Waals surface area (Å²) in [5, 5.41) is 11.0. The molecule has 1 amide bonds. The van der Waals surface area contributed by atoms with Gasteiger partial charge in [-0.1, -0.05) is 42.8 Å². The average Bonchev–Trinajstić information content (AvgIpc) is 3.28. The lowest BCUT2D eigenvalue weighted by Crippen LogP contribution is -2.45. The first kappa shape index (κ1) is 29.6. The van der Waals surface area contributed by atoms with Crippen molar-refractivity contribution < 1.29 is 32.6 Å². The molecule has 214 valence electrons. The summed E-state index contributed by atoms with van der Waals surface area (Å²) >= 11 is 6.12. The zero-order valence-corrected chi connectivity index (χ0v) is 23.3. The second-order valence-corrected chi connectivity index (χ2v) is 10.5. The Morgan fingerprint density at radius 3 is 2.60 bits per heavy atom. The average molecular weight is 578 g/mol. The van der Waals surface area contributed by atoms with Crippen LogP contribution < -0.4 is 0 Å². The lowest BCUT2D eigenvalue weighted by Gasteiger charge is -2.35. The normalized spacial score (nSPS) is 19.1. The van der Waals surface area contributed by atoms with Gasteiger partial charge in [-0.05, 0) is 62.4 Å². The number of aliphatic hydroxyl groups is 1. The number of carbonyl (C=O) groups is 2. The molecule has 2 heterocycles. The quantitative estimate of drug-likeness (QED) is 0.265. The number of alkyl halides is 3. The summed E-state index contributed by atoms with van der Waals surface area (Å²) in [4.78, 5) is 31.7. The summed E-state index contributed by atoms with van der Waals surface area (Å²) in [6.07, 6.45) is -2.81. The number of halogens is 4. The van der Waals surface area contributed by atoms with Gasteiger partial charge in [0.05, 0.1) is 34.6 Å². The van der Waals surface area contributed by atoms with E-state index in [4.69, 9.17) is 16.3 Å². The number of aliphatic hydroxyl groups excluding tert-OH is 1. The molecule has 0 fully saturated rings. The van der Waals surface area contributed by atoms with Gasteiger partial charge in [0, 0.05) is 18.5 Å². The summed E-state index contributed by atoms with van der Waals surface area (Å²) in [5.74, 6) is -2.65. The van der Waals surface area contributed by atoms with E-state index in [2.05, 4.69) is 18.8 Å². The molecule has 1 aliphatic heterocycles. The van der Waals surface area contributed by atoms with Crippen LogP contribution in [-0.4, -0.2) is 44.3 Å². The second-order valence-electron chi connectivity index (χ2n) is 10.1. The molecule has 0 spiro atoms.